The molecule has 0 aliphatic heterocycles. The molecule has 0 spiro atoms. The lowest BCUT2D eigenvalue weighted by atomic mass is 9.99. The number of hydrogen-bond acceptors (Lipinski definition) is 3. The van der Waals surface area contributed by atoms with Crippen molar-refractivity contribution in [1.82, 2.24) is 9.88 Å². The first-order chi connectivity index (χ1) is 16.5. The summed E-state index contributed by atoms with van der Waals surface area (Å²) in [5.74, 6) is 0.171. The third-order valence-electron chi connectivity index (χ3n) is 6.47. The molecule has 34 heavy (non-hydrogen) atoms. The van der Waals surface area contributed by atoms with Crippen LogP contribution in [0, 0.1) is 18.7 Å². The van der Waals surface area contributed by atoms with Gasteiger partial charge in [-0.25, -0.2) is 4.39 Å². The molecule has 1 aromatic heterocycles. The average molecular weight is 457 g/mol. The molecule has 3 aromatic carbocycles. The molecule has 1 aliphatic rings. The summed E-state index contributed by atoms with van der Waals surface area (Å²) in [5.41, 5.74) is 2.02. The van der Waals surface area contributed by atoms with E-state index in [1.165, 1.54) is 16.7 Å². The number of hydrogen-bond donors (Lipinski definition) is 1. The zero-order valence-corrected chi connectivity index (χ0v) is 19.0. The Labute approximate surface area is 196 Å². The van der Waals surface area contributed by atoms with Gasteiger partial charge in [-0.2, -0.15) is 0 Å². The number of carbonyl (C=O) groups excluding carboxylic acids is 1. The Morgan fingerprint density at radius 1 is 1.03 bits per heavy atom. The molecule has 4 aromatic rings. The number of benzene rings is 3. The third-order valence-corrected chi connectivity index (χ3v) is 6.47. The van der Waals surface area contributed by atoms with Crippen LogP contribution < -0.4 is 15.6 Å². The zero-order valence-electron chi connectivity index (χ0n) is 19.0. The van der Waals surface area contributed by atoms with Gasteiger partial charge >= 0.3 is 0 Å². The Balaban J connectivity index is 1.67. The molecule has 1 atom stereocenters. The maximum Gasteiger partial charge on any atom is 0.263 e. The lowest BCUT2D eigenvalue weighted by Gasteiger charge is -2.22. The van der Waals surface area contributed by atoms with Crippen molar-refractivity contribution in [3.05, 3.63) is 106 Å². The molecule has 1 fully saturated rings. The number of fused-ring (bicyclic) bond motifs is 1. The van der Waals surface area contributed by atoms with E-state index < -0.39 is 0 Å². The molecule has 6 heteroatoms. The first-order valence-electron chi connectivity index (χ1n) is 11.3. The molecule has 172 valence electrons. The van der Waals surface area contributed by atoms with E-state index >= 15 is 0 Å². The predicted octanol–water partition coefficient (Wildman–Crippen LogP) is 5.33. The van der Waals surface area contributed by atoms with E-state index in [1.54, 1.807) is 50.4 Å². The number of ether oxygens (including phenoxy) is 1. The number of amides is 1. The van der Waals surface area contributed by atoms with E-state index in [4.69, 9.17) is 4.74 Å². The van der Waals surface area contributed by atoms with Crippen LogP contribution in [0.2, 0.25) is 0 Å². The minimum Gasteiger partial charge on any atom is -0.495 e. The van der Waals surface area contributed by atoms with Gasteiger partial charge in [0.15, 0.2) is 0 Å². The number of rotatable bonds is 6. The van der Waals surface area contributed by atoms with Crippen LogP contribution in [0.3, 0.4) is 0 Å². The summed E-state index contributed by atoms with van der Waals surface area (Å²) >= 11 is 0. The summed E-state index contributed by atoms with van der Waals surface area (Å²) < 4.78 is 21.0. The minimum absolute atomic E-state index is 0.224. The van der Waals surface area contributed by atoms with E-state index in [9.17, 15) is 14.0 Å². The van der Waals surface area contributed by atoms with E-state index in [0.717, 1.165) is 18.4 Å². The lowest BCUT2D eigenvalue weighted by Crippen LogP contribution is -2.33. The van der Waals surface area contributed by atoms with Gasteiger partial charge < -0.3 is 10.1 Å². The zero-order chi connectivity index (χ0) is 23.8. The summed E-state index contributed by atoms with van der Waals surface area (Å²) in [7, 11) is 1.55. The standard InChI is InChI=1S/C28H25FN2O3/c1-17-25(27(32)30-26(18-14-15-18)19-8-7-9-20(29)16-19)21-10-3-4-11-22(21)28(33)31(17)23-12-5-6-13-24(23)34-2/h3-13,16,18,26H,14-15H2,1-2H3,(H,30,32)/t26-/m0/s1. The van der Waals surface area contributed by atoms with Gasteiger partial charge in [-0.3, -0.25) is 14.2 Å². The molecule has 5 rings (SSSR count). The van der Waals surface area contributed by atoms with Crippen LogP contribution in [0.4, 0.5) is 4.39 Å². The summed E-state index contributed by atoms with van der Waals surface area (Å²) in [4.78, 5) is 27.3. The van der Waals surface area contributed by atoms with Gasteiger partial charge in [-0.15, -0.1) is 0 Å². The molecule has 0 radical (unpaired) electrons. The summed E-state index contributed by atoms with van der Waals surface area (Å²) in [6.45, 7) is 1.77. The highest BCUT2D eigenvalue weighted by Gasteiger charge is 2.34. The van der Waals surface area contributed by atoms with Crippen molar-refractivity contribution in [3.8, 4) is 11.4 Å². The number of halogens is 1. The van der Waals surface area contributed by atoms with Crippen molar-refractivity contribution in [3.63, 3.8) is 0 Å². The van der Waals surface area contributed by atoms with Gasteiger partial charge in [0, 0.05) is 16.5 Å². The molecule has 1 saturated carbocycles. The van der Waals surface area contributed by atoms with E-state index in [0.29, 0.717) is 33.5 Å². The van der Waals surface area contributed by atoms with Gasteiger partial charge in [0.1, 0.15) is 11.6 Å². The van der Waals surface area contributed by atoms with Crippen LogP contribution in [-0.2, 0) is 0 Å². The third kappa shape index (κ3) is 3.85. The van der Waals surface area contributed by atoms with Crippen molar-refractivity contribution in [1.29, 1.82) is 0 Å². The maximum atomic E-state index is 13.9. The van der Waals surface area contributed by atoms with Crippen molar-refractivity contribution in [2.45, 2.75) is 25.8 Å². The molecule has 0 unspecified atom stereocenters. The average Bonchev–Trinajstić information content (AvgIpc) is 3.68. The Morgan fingerprint density at radius 2 is 1.74 bits per heavy atom. The fourth-order valence-electron chi connectivity index (χ4n) is 4.67. The second kappa shape index (κ2) is 8.78. The Kier molecular flexibility index (Phi) is 5.65. The van der Waals surface area contributed by atoms with Crippen molar-refractivity contribution in [2.75, 3.05) is 7.11 Å². The number of methoxy groups -OCH3 is 1. The van der Waals surface area contributed by atoms with Gasteiger partial charge in [0.05, 0.1) is 24.4 Å². The summed E-state index contributed by atoms with van der Waals surface area (Å²) in [6, 6.07) is 20.4. The van der Waals surface area contributed by atoms with Crippen LogP contribution in [0.15, 0.2) is 77.6 Å². The fraction of sp³-hybridized carbons (Fsp3) is 0.214. The van der Waals surface area contributed by atoms with Crippen LogP contribution in [0.1, 0.15) is 40.5 Å². The second-order valence-corrected chi connectivity index (χ2v) is 8.66. The molecule has 0 bridgehead atoms. The molecule has 5 nitrogen and oxygen atoms in total. The van der Waals surface area contributed by atoms with Crippen LogP contribution in [-0.4, -0.2) is 17.6 Å². The van der Waals surface area contributed by atoms with Gasteiger partial charge in [-0.1, -0.05) is 42.5 Å². The van der Waals surface area contributed by atoms with Crippen molar-refractivity contribution in [2.24, 2.45) is 5.92 Å². The summed E-state index contributed by atoms with van der Waals surface area (Å²) in [6.07, 6.45) is 1.95. The smallest absolute Gasteiger partial charge is 0.263 e. The molecule has 1 heterocycles. The number of nitrogens with one attached hydrogen (secondary N) is 1. The van der Waals surface area contributed by atoms with Gasteiger partial charge in [0.25, 0.3) is 11.5 Å². The molecule has 1 aliphatic carbocycles. The molecular weight excluding hydrogens is 431 g/mol. The summed E-state index contributed by atoms with van der Waals surface area (Å²) in [5, 5.41) is 4.17. The SMILES string of the molecule is COc1ccccc1-n1c(C)c(C(=O)N[C@H](c2cccc(F)c2)C2CC2)c2ccccc2c1=O. The first kappa shape index (κ1) is 21.9. The maximum absolute atomic E-state index is 13.9. The van der Waals surface area contributed by atoms with Crippen LogP contribution in [0.5, 0.6) is 5.75 Å². The highest BCUT2D eigenvalue weighted by Crippen LogP contribution is 2.41. The highest BCUT2D eigenvalue weighted by atomic mass is 19.1. The van der Waals surface area contributed by atoms with Crippen molar-refractivity contribution >= 4 is 16.7 Å². The van der Waals surface area contributed by atoms with Crippen molar-refractivity contribution < 1.29 is 13.9 Å². The monoisotopic (exact) mass is 456 g/mol. The van der Waals surface area contributed by atoms with E-state index in [1.807, 2.05) is 24.3 Å². The number of aromatic nitrogens is 1. The Bertz CT molecular complexity index is 1460. The second-order valence-electron chi connectivity index (χ2n) is 8.66. The number of nitrogens with zero attached hydrogens (tertiary/aromatic N) is 1. The number of carbonyl (C=O) groups is 1. The topological polar surface area (TPSA) is 60.3 Å². The molecule has 1 amide bonds. The lowest BCUT2D eigenvalue weighted by molar-refractivity contribution is 0.0932. The number of pyridine rings is 1. The highest BCUT2D eigenvalue weighted by molar-refractivity contribution is 6.08. The Hall–Kier alpha value is -3.93. The molecular formula is C28H25FN2O3. The normalized spacial score (nSPS) is 14.1. The number of para-hydroxylation sites is 2. The quantitative estimate of drug-likeness (QED) is 0.427. The Morgan fingerprint density at radius 3 is 2.44 bits per heavy atom. The molecule has 0 saturated heterocycles. The fourth-order valence-corrected chi connectivity index (χ4v) is 4.67. The molecule has 1 N–H and O–H groups in total. The minimum atomic E-state index is -0.330. The predicted molar refractivity (Wildman–Crippen MR) is 130 cm³/mol. The first-order valence-corrected chi connectivity index (χ1v) is 11.3. The van der Waals surface area contributed by atoms with Gasteiger partial charge in [0.2, 0.25) is 0 Å². The largest absolute Gasteiger partial charge is 0.495 e. The van der Waals surface area contributed by atoms with E-state index in [2.05, 4.69) is 5.32 Å². The van der Waals surface area contributed by atoms with Crippen LogP contribution >= 0.6 is 0 Å². The van der Waals surface area contributed by atoms with Crippen LogP contribution in [0.25, 0.3) is 16.5 Å². The van der Waals surface area contributed by atoms with Gasteiger partial charge in [-0.05, 0) is 61.6 Å². The van der Waals surface area contributed by atoms with E-state index in [-0.39, 0.29) is 29.2 Å².